The topological polar surface area (TPSA) is 80.9 Å². The Morgan fingerprint density at radius 2 is 2.39 bits per heavy atom. The first-order chi connectivity index (χ1) is 8.70. The summed E-state index contributed by atoms with van der Waals surface area (Å²) >= 11 is 1.42. The maximum absolute atomic E-state index is 11.9. The van der Waals surface area contributed by atoms with Crippen molar-refractivity contribution in [1.29, 1.82) is 0 Å². The fourth-order valence-corrected chi connectivity index (χ4v) is 2.37. The Bertz CT molecular complexity index is 509. The molecular formula is C11H14N4O2S. The number of thiazole rings is 1. The molecule has 0 radical (unpaired) electrons. The summed E-state index contributed by atoms with van der Waals surface area (Å²) < 4.78 is 4.64. The first-order valence-electron chi connectivity index (χ1n) is 5.72. The molecule has 7 heteroatoms. The standard InChI is InChI=1S/C11H14N4O2S/c1-3-4-9-12-5-8(18-9)11(16)14-7(2)10-13-6-17-15-10/h5-7H,3-4H2,1-2H3,(H,14,16). The van der Waals surface area contributed by atoms with Gasteiger partial charge in [0.2, 0.25) is 6.39 Å². The summed E-state index contributed by atoms with van der Waals surface area (Å²) in [6, 6.07) is -0.284. The van der Waals surface area contributed by atoms with E-state index in [2.05, 4.69) is 31.9 Å². The fraction of sp³-hybridized carbons (Fsp3) is 0.455. The molecule has 2 aromatic heterocycles. The van der Waals surface area contributed by atoms with E-state index < -0.39 is 0 Å². The van der Waals surface area contributed by atoms with Crippen molar-refractivity contribution in [2.24, 2.45) is 0 Å². The molecular weight excluding hydrogens is 252 g/mol. The molecule has 2 rings (SSSR count). The summed E-state index contributed by atoms with van der Waals surface area (Å²) in [5.41, 5.74) is 0. The molecule has 1 amide bonds. The lowest BCUT2D eigenvalue weighted by Crippen LogP contribution is -2.26. The summed E-state index contributed by atoms with van der Waals surface area (Å²) in [5, 5.41) is 7.47. The van der Waals surface area contributed by atoms with Gasteiger partial charge in [-0.25, -0.2) is 4.98 Å². The maximum Gasteiger partial charge on any atom is 0.263 e. The second-order valence-electron chi connectivity index (χ2n) is 3.85. The zero-order valence-electron chi connectivity index (χ0n) is 10.2. The Morgan fingerprint density at radius 1 is 1.56 bits per heavy atom. The van der Waals surface area contributed by atoms with Gasteiger partial charge >= 0.3 is 0 Å². The number of carbonyl (C=O) groups excluding carboxylic acids is 1. The highest BCUT2D eigenvalue weighted by Gasteiger charge is 2.16. The van der Waals surface area contributed by atoms with Crippen LogP contribution in [-0.4, -0.2) is 21.0 Å². The van der Waals surface area contributed by atoms with E-state index >= 15 is 0 Å². The highest BCUT2D eigenvalue weighted by Crippen LogP contribution is 2.16. The Balaban J connectivity index is 1.98. The first kappa shape index (κ1) is 12.7. The molecule has 0 spiro atoms. The van der Waals surface area contributed by atoms with Crippen LogP contribution in [0.2, 0.25) is 0 Å². The Kier molecular flexibility index (Phi) is 4.03. The lowest BCUT2D eigenvalue weighted by molar-refractivity contribution is 0.0942. The highest BCUT2D eigenvalue weighted by molar-refractivity contribution is 7.13. The summed E-state index contributed by atoms with van der Waals surface area (Å²) in [4.78, 5) is 20.6. The number of rotatable bonds is 5. The SMILES string of the molecule is CCCc1ncc(C(=O)NC(C)c2ncon2)s1. The summed E-state index contributed by atoms with van der Waals surface area (Å²) in [6.07, 6.45) is 4.77. The zero-order valence-corrected chi connectivity index (χ0v) is 11.0. The summed E-state index contributed by atoms with van der Waals surface area (Å²) in [7, 11) is 0. The molecule has 2 aromatic rings. The molecule has 0 saturated carbocycles. The molecule has 0 saturated heterocycles. The zero-order chi connectivity index (χ0) is 13.0. The second kappa shape index (κ2) is 5.72. The van der Waals surface area contributed by atoms with E-state index in [1.54, 1.807) is 13.1 Å². The highest BCUT2D eigenvalue weighted by atomic mass is 32.1. The van der Waals surface area contributed by atoms with Crippen LogP contribution in [0.3, 0.4) is 0 Å². The van der Waals surface area contributed by atoms with Crippen molar-refractivity contribution in [2.45, 2.75) is 32.7 Å². The number of hydrogen-bond donors (Lipinski definition) is 1. The average Bonchev–Trinajstić information content (AvgIpc) is 3.00. The van der Waals surface area contributed by atoms with Crippen molar-refractivity contribution >= 4 is 17.2 Å². The van der Waals surface area contributed by atoms with Gasteiger partial charge in [-0.05, 0) is 19.8 Å². The minimum Gasteiger partial charge on any atom is -0.343 e. The third-order valence-corrected chi connectivity index (χ3v) is 3.41. The third-order valence-electron chi connectivity index (χ3n) is 2.35. The molecule has 1 N–H and O–H groups in total. The minimum atomic E-state index is -0.284. The molecule has 1 unspecified atom stereocenters. The van der Waals surface area contributed by atoms with E-state index in [9.17, 15) is 4.79 Å². The van der Waals surface area contributed by atoms with E-state index in [1.165, 1.54) is 17.7 Å². The minimum absolute atomic E-state index is 0.160. The van der Waals surface area contributed by atoms with Crippen LogP contribution >= 0.6 is 11.3 Å². The van der Waals surface area contributed by atoms with E-state index in [1.807, 2.05) is 0 Å². The molecule has 0 aliphatic rings. The van der Waals surface area contributed by atoms with Crippen LogP contribution in [0, 0.1) is 0 Å². The number of carbonyl (C=O) groups is 1. The number of aromatic nitrogens is 3. The van der Waals surface area contributed by atoms with Gasteiger partial charge in [0.1, 0.15) is 4.88 Å². The lowest BCUT2D eigenvalue weighted by Gasteiger charge is -2.07. The normalized spacial score (nSPS) is 12.3. The smallest absolute Gasteiger partial charge is 0.263 e. The number of amides is 1. The van der Waals surface area contributed by atoms with Gasteiger partial charge in [-0.3, -0.25) is 4.79 Å². The fourth-order valence-electron chi connectivity index (χ4n) is 1.45. The molecule has 1 atom stereocenters. The number of hydrogen-bond acceptors (Lipinski definition) is 6. The van der Waals surface area contributed by atoms with Crippen LogP contribution < -0.4 is 5.32 Å². The van der Waals surface area contributed by atoms with Crippen LogP contribution in [0.1, 0.15) is 46.8 Å². The number of aryl methyl sites for hydroxylation is 1. The molecule has 0 fully saturated rings. The third kappa shape index (κ3) is 2.92. The van der Waals surface area contributed by atoms with Crippen LogP contribution in [0.5, 0.6) is 0 Å². The van der Waals surface area contributed by atoms with Crippen LogP contribution in [0.25, 0.3) is 0 Å². The quantitative estimate of drug-likeness (QED) is 0.894. The molecule has 2 heterocycles. The van der Waals surface area contributed by atoms with Gasteiger partial charge in [0.25, 0.3) is 5.91 Å². The van der Waals surface area contributed by atoms with Gasteiger partial charge in [0, 0.05) is 0 Å². The summed E-state index contributed by atoms with van der Waals surface area (Å²) in [6.45, 7) is 3.89. The van der Waals surface area contributed by atoms with Crippen LogP contribution in [0.15, 0.2) is 17.1 Å². The van der Waals surface area contributed by atoms with Gasteiger partial charge in [0.15, 0.2) is 5.82 Å². The van der Waals surface area contributed by atoms with E-state index in [4.69, 9.17) is 0 Å². The van der Waals surface area contributed by atoms with Crippen molar-refractivity contribution in [3.8, 4) is 0 Å². The van der Waals surface area contributed by atoms with Gasteiger partial charge in [0.05, 0.1) is 17.2 Å². The van der Waals surface area contributed by atoms with E-state index in [0.717, 1.165) is 17.8 Å². The van der Waals surface area contributed by atoms with Gasteiger partial charge in [-0.1, -0.05) is 12.1 Å². The van der Waals surface area contributed by atoms with Gasteiger partial charge in [-0.15, -0.1) is 11.3 Å². The Morgan fingerprint density at radius 3 is 3.06 bits per heavy atom. The molecule has 0 bridgehead atoms. The first-order valence-corrected chi connectivity index (χ1v) is 6.54. The Hall–Kier alpha value is -1.76. The Labute approximate surface area is 108 Å². The number of nitrogens with zero attached hydrogens (tertiary/aromatic N) is 3. The summed E-state index contributed by atoms with van der Waals surface area (Å²) in [5.74, 6) is 0.300. The monoisotopic (exact) mass is 266 g/mol. The van der Waals surface area contributed by atoms with E-state index in [-0.39, 0.29) is 11.9 Å². The number of nitrogens with one attached hydrogen (secondary N) is 1. The maximum atomic E-state index is 11.9. The van der Waals surface area contributed by atoms with Crippen molar-refractivity contribution in [3.63, 3.8) is 0 Å². The molecule has 18 heavy (non-hydrogen) atoms. The van der Waals surface area contributed by atoms with Crippen molar-refractivity contribution in [2.75, 3.05) is 0 Å². The van der Waals surface area contributed by atoms with Gasteiger partial charge in [-0.2, -0.15) is 4.98 Å². The molecule has 6 nitrogen and oxygen atoms in total. The molecule has 0 aliphatic heterocycles. The van der Waals surface area contributed by atoms with Crippen LogP contribution in [0.4, 0.5) is 0 Å². The van der Waals surface area contributed by atoms with Crippen molar-refractivity contribution in [1.82, 2.24) is 20.4 Å². The predicted molar refractivity (Wildman–Crippen MR) is 66.3 cm³/mol. The van der Waals surface area contributed by atoms with E-state index in [0.29, 0.717) is 10.7 Å². The van der Waals surface area contributed by atoms with Crippen LogP contribution in [-0.2, 0) is 6.42 Å². The van der Waals surface area contributed by atoms with Crippen molar-refractivity contribution in [3.05, 3.63) is 28.3 Å². The van der Waals surface area contributed by atoms with Crippen molar-refractivity contribution < 1.29 is 9.32 Å². The largest absolute Gasteiger partial charge is 0.343 e. The van der Waals surface area contributed by atoms with Gasteiger partial charge < -0.3 is 9.84 Å². The second-order valence-corrected chi connectivity index (χ2v) is 4.97. The lowest BCUT2D eigenvalue weighted by atomic mass is 10.3. The average molecular weight is 266 g/mol. The molecule has 0 aliphatic carbocycles. The molecule has 96 valence electrons. The predicted octanol–water partition coefficient (Wildman–Crippen LogP) is 1.97. The molecule has 0 aromatic carbocycles.